The van der Waals surface area contributed by atoms with E-state index < -0.39 is 0 Å². The third kappa shape index (κ3) is 2.88. The standard InChI is InChI=1S/C27H37N5O/c1-16-14-17(2)32(30-16)25-28-15-22(29-25)21-8-7-19-18-6-9-23-27(4,13-11-24(33)31(23)5)20(18)10-12-26(19,21)3/h11,13-15,18-21,23H,6-10,12H2,1-5H3,(H,28,29)/t18-,19-,20-,21+,23+,26-,27+/m0/s1. The molecule has 0 radical (unpaired) electrons. The lowest BCUT2D eigenvalue weighted by atomic mass is 9.47. The van der Waals surface area contributed by atoms with E-state index in [1.807, 2.05) is 29.6 Å². The van der Waals surface area contributed by atoms with Crippen LogP contribution >= 0.6 is 0 Å². The molecule has 176 valence electrons. The van der Waals surface area contributed by atoms with Crippen molar-refractivity contribution in [2.75, 3.05) is 7.05 Å². The van der Waals surface area contributed by atoms with Crippen LogP contribution in [0, 0.1) is 42.4 Å². The average Bonchev–Trinajstić information content (AvgIpc) is 3.47. The lowest BCUT2D eigenvalue weighted by Gasteiger charge is -2.60. The summed E-state index contributed by atoms with van der Waals surface area (Å²) in [6.07, 6.45) is 13.6. The van der Waals surface area contributed by atoms with Gasteiger partial charge in [0.15, 0.2) is 0 Å². The molecule has 3 aliphatic carbocycles. The molecule has 4 aliphatic rings. The summed E-state index contributed by atoms with van der Waals surface area (Å²) in [7, 11) is 2.01. The first-order valence-electron chi connectivity index (χ1n) is 12.8. The Labute approximate surface area is 196 Å². The van der Waals surface area contributed by atoms with Crippen LogP contribution in [0.3, 0.4) is 0 Å². The first-order chi connectivity index (χ1) is 15.7. The van der Waals surface area contributed by atoms with Gasteiger partial charge >= 0.3 is 0 Å². The maximum Gasteiger partial charge on any atom is 0.246 e. The molecule has 0 aromatic carbocycles. The van der Waals surface area contributed by atoms with Crippen LogP contribution in [-0.2, 0) is 4.79 Å². The molecule has 3 heterocycles. The number of aromatic amines is 1. The molecular weight excluding hydrogens is 410 g/mol. The normalized spacial score (nSPS) is 40.0. The molecule has 6 nitrogen and oxygen atoms in total. The van der Waals surface area contributed by atoms with Crippen molar-refractivity contribution < 1.29 is 4.79 Å². The van der Waals surface area contributed by atoms with Gasteiger partial charge in [-0.15, -0.1) is 0 Å². The van der Waals surface area contributed by atoms with Crippen LogP contribution in [0.1, 0.15) is 75.4 Å². The Kier molecular flexibility index (Phi) is 4.54. The highest BCUT2D eigenvalue weighted by Gasteiger charge is 2.60. The Bertz CT molecular complexity index is 1130. The number of imidazole rings is 1. The third-order valence-corrected chi connectivity index (χ3v) is 10.3. The number of nitrogens with zero attached hydrogens (tertiary/aromatic N) is 4. The van der Waals surface area contributed by atoms with Gasteiger partial charge in [-0.3, -0.25) is 4.79 Å². The molecule has 0 spiro atoms. The zero-order valence-corrected chi connectivity index (χ0v) is 20.6. The zero-order chi connectivity index (χ0) is 23.1. The summed E-state index contributed by atoms with van der Waals surface area (Å²) in [6.45, 7) is 9.09. The summed E-state index contributed by atoms with van der Waals surface area (Å²) in [5.41, 5.74) is 3.83. The topological polar surface area (TPSA) is 66.8 Å². The summed E-state index contributed by atoms with van der Waals surface area (Å²) in [5, 5.41) is 4.62. The van der Waals surface area contributed by atoms with Gasteiger partial charge in [0, 0.05) is 35.8 Å². The first kappa shape index (κ1) is 21.2. The van der Waals surface area contributed by atoms with Crippen molar-refractivity contribution in [1.29, 1.82) is 0 Å². The van der Waals surface area contributed by atoms with Gasteiger partial charge in [-0.2, -0.15) is 5.10 Å². The minimum absolute atomic E-state index is 0.113. The molecule has 33 heavy (non-hydrogen) atoms. The summed E-state index contributed by atoms with van der Waals surface area (Å²) in [5.74, 6) is 3.71. The van der Waals surface area contributed by atoms with Crippen molar-refractivity contribution in [2.24, 2.45) is 28.6 Å². The third-order valence-electron chi connectivity index (χ3n) is 10.3. The van der Waals surface area contributed by atoms with Crippen LogP contribution in [0.25, 0.3) is 5.95 Å². The van der Waals surface area contributed by atoms with Crippen molar-refractivity contribution in [1.82, 2.24) is 24.6 Å². The molecule has 3 saturated carbocycles. The number of carbonyl (C=O) groups excluding carboxylic acids is 1. The Morgan fingerprint density at radius 2 is 1.91 bits per heavy atom. The molecule has 0 bridgehead atoms. The molecule has 1 N–H and O–H groups in total. The Hall–Kier alpha value is -2.37. The average molecular weight is 448 g/mol. The van der Waals surface area contributed by atoms with Gasteiger partial charge in [0.2, 0.25) is 11.9 Å². The molecular formula is C27H37N5O. The van der Waals surface area contributed by atoms with Crippen LogP contribution in [0.4, 0.5) is 0 Å². The van der Waals surface area contributed by atoms with Gasteiger partial charge in [-0.05, 0) is 87.7 Å². The fourth-order valence-electron chi connectivity index (χ4n) is 8.70. The van der Waals surface area contributed by atoms with Crippen LogP contribution in [-0.4, -0.2) is 43.6 Å². The fraction of sp³-hybridized carbons (Fsp3) is 0.667. The van der Waals surface area contributed by atoms with E-state index in [4.69, 9.17) is 4.98 Å². The Morgan fingerprint density at radius 1 is 1.09 bits per heavy atom. The number of fused-ring (bicyclic) bond motifs is 5. The molecule has 1 aliphatic heterocycles. The maximum atomic E-state index is 12.3. The summed E-state index contributed by atoms with van der Waals surface area (Å²) in [4.78, 5) is 22.7. The van der Waals surface area contributed by atoms with Gasteiger partial charge in [0.05, 0.1) is 11.9 Å². The second kappa shape index (κ2) is 7.07. The molecule has 0 unspecified atom stereocenters. The molecule has 3 fully saturated rings. The SMILES string of the molecule is Cc1cc(C)n(-c2ncc([C@H]3CC[C@H]4[C@@H]5CC[C@H]6N(C)C(=O)C=C[C@]6(C)[C@H]5CC[C@]34C)[nH]2)n1. The molecule has 1 amide bonds. The molecule has 6 rings (SSSR count). The van der Waals surface area contributed by atoms with Crippen molar-refractivity contribution in [2.45, 2.75) is 78.2 Å². The zero-order valence-electron chi connectivity index (χ0n) is 20.6. The van der Waals surface area contributed by atoms with E-state index >= 15 is 0 Å². The molecule has 2 aromatic rings. The number of nitrogens with one attached hydrogen (secondary N) is 1. The number of amides is 1. The summed E-state index contributed by atoms with van der Waals surface area (Å²) in [6, 6.07) is 2.45. The van der Waals surface area contributed by atoms with E-state index in [0.29, 0.717) is 23.3 Å². The number of rotatable bonds is 2. The van der Waals surface area contributed by atoms with Crippen LogP contribution < -0.4 is 0 Å². The minimum atomic E-state index is 0.113. The molecule has 2 aromatic heterocycles. The lowest BCUT2D eigenvalue weighted by molar-refractivity contribution is -0.138. The van der Waals surface area contributed by atoms with Crippen molar-refractivity contribution in [3.63, 3.8) is 0 Å². The maximum absolute atomic E-state index is 12.3. The fourth-order valence-corrected chi connectivity index (χ4v) is 8.70. The number of aromatic nitrogens is 4. The monoisotopic (exact) mass is 447 g/mol. The van der Waals surface area contributed by atoms with Crippen LogP contribution in [0.2, 0.25) is 0 Å². The van der Waals surface area contributed by atoms with E-state index in [2.05, 4.69) is 49.2 Å². The quantitative estimate of drug-likeness (QED) is 0.709. The van der Waals surface area contributed by atoms with E-state index in [0.717, 1.165) is 35.6 Å². The van der Waals surface area contributed by atoms with Crippen LogP contribution in [0.5, 0.6) is 0 Å². The van der Waals surface area contributed by atoms with Crippen molar-refractivity contribution in [3.8, 4) is 5.95 Å². The predicted molar refractivity (Wildman–Crippen MR) is 128 cm³/mol. The van der Waals surface area contributed by atoms with Gasteiger partial charge in [-0.25, -0.2) is 9.67 Å². The smallest absolute Gasteiger partial charge is 0.246 e. The van der Waals surface area contributed by atoms with E-state index in [1.165, 1.54) is 37.8 Å². The lowest BCUT2D eigenvalue weighted by Crippen LogP contribution is -2.59. The highest BCUT2D eigenvalue weighted by atomic mass is 16.2. The van der Waals surface area contributed by atoms with E-state index in [1.54, 1.807) is 0 Å². The number of hydrogen-bond donors (Lipinski definition) is 1. The van der Waals surface area contributed by atoms with E-state index in [-0.39, 0.29) is 11.3 Å². The Balaban J connectivity index is 1.29. The van der Waals surface area contributed by atoms with Gasteiger partial charge in [0.1, 0.15) is 0 Å². The molecule has 6 heteroatoms. The number of H-pyrrole nitrogens is 1. The van der Waals surface area contributed by atoms with E-state index in [9.17, 15) is 4.79 Å². The van der Waals surface area contributed by atoms with Gasteiger partial charge < -0.3 is 9.88 Å². The second-order valence-electron chi connectivity index (χ2n) is 11.8. The largest absolute Gasteiger partial charge is 0.338 e. The number of hydrogen-bond acceptors (Lipinski definition) is 3. The summed E-state index contributed by atoms with van der Waals surface area (Å²) < 4.78 is 1.93. The predicted octanol–water partition coefficient (Wildman–Crippen LogP) is 4.94. The minimum Gasteiger partial charge on any atom is -0.338 e. The number of carbonyl (C=O) groups is 1. The highest BCUT2D eigenvalue weighted by molar-refractivity contribution is 5.89. The van der Waals surface area contributed by atoms with Gasteiger partial charge in [-0.1, -0.05) is 19.9 Å². The highest BCUT2D eigenvalue weighted by Crippen LogP contribution is 2.67. The number of aryl methyl sites for hydroxylation is 2. The number of likely N-dealkylation sites (N-methyl/N-ethyl adjacent to an activating group) is 1. The van der Waals surface area contributed by atoms with Gasteiger partial charge in [0.25, 0.3) is 0 Å². The molecule has 0 saturated heterocycles. The molecule has 7 atom stereocenters. The Morgan fingerprint density at radius 3 is 2.67 bits per heavy atom. The first-order valence-corrected chi connectivity index (χ1v) is 12.8. The summed E-state index contributed by atoms with van der Waals surface area (Å²) >= 11 is 0. The van der Waals surface area contributed by atoms with Crippen LogP contribution in [0.15, 0.2) is 24.4 Å². The van der Waals surface area contributed by atoms with Crippen molar-refractivity contribution >= 4 is 5.91 Å². The van der Waals surface area contributed by atoms with Crippen molar-refractivity contribution in [3.05, 3.63) is 41.5 Å². The second-order valence-corrected chi connectivity index (χ2v) is 11.8.